The Labute approximate surface area is 135 Å². The molecule has 1 aliphatic rings. The van der Waals surface area contributed by atoms with Crippen molar-refractivity contribution >= 4 is 6.09 Å². The number of carbonyl (C=O) groups is 1. The SMILES string of the molecule is [N-]=[N+]=NCCOCCOCCOCC1CCC(NC(=O)O)CC1. The van der Waals surface area contributed by atoms with Gasteiger partial charge >= 0.3 is 6.09 Å². The number of carboxylic acid groups (broad SMARTS) is 1. The summed E-state index contributed by atoms with van der Waals surface area (Å²) in [6, 6.07) is 0.0888. The van der Waals surface area contributed by atoms with Crippen LogP contribution in [0.15, 0.2) is 5.11 Å². The van der Waals surface area contributed by atoms with Gasteiger partial charge in [-0.15, -0.1) is 0 Å². The molecule has 2 N–H and O–H groups in total. The van der Waals surface area contributed by atoms with Crippen LogP contribution in [-0.4, -0.2) is 63.4 Å². The van der Waals surface area contributed by atoms with Crippen molar-refractivity contribution in [3.63, 3.8) is 0 Å². The highest BCUT2D eigenvalue weighted by Gasteiger charge is 2.22. The Bertz CT molecular complexity index is 368. The molecule has 0 radical (unpaired) electrons. The van der Waals surface area contributed by atoms with Gasteiger partial charge in [0, 0.05) is 24.1 Å². The van der Waals surface area contributed by atoms with Gasteiger partial charge in [0.25, 0.3) is 0 Å². The Morgan fingerprint density at radius 3 is 2.30 bits per heavy atom. The van der Waals surface area contributed by atoms with Crippen LogP contribution in [0.2, 0.25) is 0 Å². The van der Waals surface area contributed by atoms with Crippen molar-refractivity contribution in [1.82, 2.24) is 5.32 Å². The van der Waals surface area contributed by atoms with E-state index in [0.29, 0.717) is 52.1 Å². The number of rotatable bonds is 12. The van der Waals surface area contributed by atoms with Gasteiger partial charge in [-0.05, 0) is 37.1 Å². The number of nitrogens with one attached hydrogen (secondary N) is 1. The maximum atomic E-state index is 10.6. The maximum absolute atomic E-state index is 10.6. The molecule has 0 aromatic carbocycles. The number of ether oxygens (including phenoxy) is 3. The predicted molar refractivity (Wildman–Crippen MR) is 83.4 cm³/mol. The molecule has 1 saturated carbocycles. The smallest absolute Gasteiger partial charge is 0.404 e. The molecule has 1 aliphatic carbocycles. The molecule has 1 amide bonds. The summed E-state index contributed by atoms with van der Waals surface area (Å²) in [7, 11) is 0. The topological polar surface area (TPSA) is 126 Å². The van der Waals surface area contributed by atoms with Crippen LogP contribution in [0.25, 0.3) is 10.4 Å². The number of hydrogen-bond donors (Lipinski definition) is 2. The van der Waals surface area contributed by atoms with E-state index < -0.39 is 6.09 Å². The first-order valence-corrected chi connectivity index (χ1v) is 7.96. The van der Waals surface area contributed by atoms with Crippen molar-refractivity contribution < 1.29 is 24.1 Å². The van der Waals surface area contributed by atoms with Gasteiger partial charge in [0.2, 0.25) is 0 Å². The van der Waals surface area contributed by atoms with Crippen LogP contribution in [0.4, 0.5) is 4.79 Å². The third-order valence-corrected chi connectivity index (χ3v) is 3.67. The summed E-state index contributed by atoms with van der Waals surface area (Å²) >= 11 is 0. The van der Waals surface area contributed by atoms with Crippen LogP contribution in [0.5, 0.6) is 0 Å². The fourth-order valence-corrected chi connectivity index (χ4v) is 2.49. The second-order valence-electron chi connectivity index (χ2n) is 5.42. The van der Waals surface area contributed by atoms with E-state index >= 15 is 0 Å². The zero-order chi connectivity index (χ0) is 16.8. The van der Waals surface area contributed by atoms with Crippen LogP contribution in [0.1, 0.15) is 25.7 Å². The van der Waals surface area contributed by atoms with Crippen molar-refractivity contribution in [3.8, 4) is 0 Å². The van der Waals surface area contributed by atoms with Crippen LogP contribution in [0.3, 0.4) is 0 Å². The highest BCUT2D eigenvalue weighted by atomic mass is 16.5. The molecule has 9 nitrogen and oxygen atoms in total. The lowest BCUT2D eigenvalue weighted by molar-refractivity contribution is 0.00477. The second kappa shape index (κ2) is 13.0. The molecule has 1 fully saturated rings. The Morgan fingerprint density at radius 2 is 1.70 bits per heavy atom. The van der Waals surface area contributed by atoms with Crippen molar-refractivity contribution in [3.05, 3.63) is 10.4 Å². The number of azide groups is 1. The molecule has 0 unspecified atom stereocenters. The normalized spacial score (nSPS) is 20.7. The first-order valence-electron chi connectivity index (χ1n) is 7.96. The molecular weight excluding hydrogens is 304 g/mol. The number of amides is 1. The number of nitrogens with zero attached hydrogens (tertiary/aromatic N) is 3. The highest BCUT2D eigenvalue weighted by Crippen LogP contribution is 2.24. The standard InChI is InChI=1S/C14H26N4O5/c15-18-16-5-6-21-7-8-22-9-10-23-11-12-1-3-13(4-2-12)17-14(19)20/h12-13,17H,1-11H2,(H,19,20). The van der Waals surface area contributed by atoms with Gasteiger partial charge in [0.05, 0.1) is 33.0 Å². The fourth-order valence-electron chi connectivity index (χ4n) is 2.49. The molecule has 0 saturated heterocycles. The lowest BCUT2D eigenvalue weighted by Gasteiger charge is -2.28. The molecule has 0 spiro atoms. The minimum absolute atomic E-state index is 0.0888. The Hall–Kier alpha value is -1.54. The predicted octanol–water partition coefficient (Wildman–Crippen LogP) is 2.17. The average molecular weight is 330 g/mol. The summed E-state index contributed by atoms with van der Waals surface area (Å²) in [6.45, 7) is 3.48. The molecule has 9 heteroatoms. The molecule has 23 heavy (non-hydrogen) atoms. The Kier molecular flexibility index (Phi) is 11.0. The fraction of sp³-hybridized carbons (Fsp3) is 0.929. The summed E-state index contributed by atoms with van der Waals surface area (Å²) in [5, 5.41) is 14.6. The average Bonchev–Trinajstić information content (AvgIpc) is 2.53. The monoisotopic (exact) mass is 330 g/mol. The van der Waals surface area contributed by atoms with Gasteiger partial charge in [-0.25, -0.2) is 4.79 Å². The molecule has 0 atom stereocenters. The first kappa shape index (κ1) is 19.5. The van der Waals surface area contributed by atoms with E-state index in [-0.39, 0.29) is 6.04 Å². The molecule has 0 aromatic rings. The molecule has 0 aliphatic heterocycles. The van der Waals surface area contributed by atoms with E-state index in [0.717, 1.165) is 25.7 Å². The van der Waals surface area contributed by atoms with Crippen LogP contribution < -0.4 is 5.32 Å². The lowest BCUT2D eigenvalue weighted by atomic mass is 9.86. The summed E-state index contributed by atoms with van der Waals surface area (Å²) in [5.74, 6) is 0.505. The van der Waals surface area contributed by atoms with Crippen LogP contribution in [-0.2, 0) is 14.2 Å². The molecule has 132 valence electrons. The summed E-state index contributed by atoms with van der Waals surface area (Å²) in [6.07, 6.45) is 2.80. The van der Waals surface area contributed by atoms with Crippen LogP contribution >= 0.6 is 0 Å². The minimum atomic E-state index is -0.941. The van der Waals surface area contributed by atoms with E-state index in [1.165, 1.54) is 0 Å². The molecular formula is C14H26N4O5. The van der Waals surface area contributed by atoms with Crippen molar-refractivity contribution in [2.75, 3.05) is 46.2 Å². The quantitative estimate of drug-likeness (QED) is 0.245. The minimum Gasteiger partial charge on any atom is -0.465 e. The van der Waals surface area contributed by atoms with Gasteiger partial charge in [-0.3, -0.25) is 0 Å². The molecule has 0 heterocycles. The highest BCUT2D eigenvalue weighted by molar-refractivity contribution is 5.64. The largest absolute Gasteiger partial charge is 0.465 e. The lowest BCUT2D eigenvalue weighted by Crippen LogP contribution is -2.37. The third kappa shape index (κ3) is 10.8. The summed E-state index contributed by atoms with van der Waals surface area (Å²) < 4.78 is 16.1. The Morgan fingerprint density at radius 1 is 1.09 bits per heavy atom. The van der Waals surface area contributed by atoms with E-state index in [9.17, 15) is 4.79 Å². The van der Waals surface area contributed by atoms with E-state index in [4.69, 9.17) is 24.8 Å². The molecule has 1 rings (SSSR count). The van der Waals surface area contributed by atoms with Gasteiger partial charge in [-0.2, -0.15) is 0 Å². The Balaban J connectivity index is 1.85. The first-order chi connectivity index (χ1) is 11.2. The van der Waals surface area contributed by atoms with Gasteiger partial charge < -0.3 is 24.6 Å². The molecule has 0 bridgehead atoms. The van der Waals surface area contributed by atoms with Crippen molar-refractivity contribution in [1.29, 1.82) is 0 Å². The van der Waals surface area contributed by atoms with Gasteiger partial charge in [-0.1, -0.05) is 5.11 Å². The van der Waals surface area contributed by atoms with Crippen molar-refractivity contribution in [2.24, 2.45) is 11.0 Å². The zero-order valence-electron chi connectivity index (χ0n) is 13.4. The van der Waals surface area contributed by atoms with E-state index in [2.05, 4.69) is 15.3 Å². The zero-order valence-corrected chi connectivity index (χ0v) is 13.4. The van der Waals surface area contributed by atoms with Gasteiger partial charge in [0.1, 0.15) is 0 Å². The van der Waals surface area contributed by atoms with Crippen LogP contribution in [0, 0.1) is 5.92 Å². The van der Waals surface area contributed by atoms with Gasteiger partial charge in [0.15, 0.2) is 0 Å². The maximum Gasteiger partial charge on any atom is 0.404 e. The number of hydrogen-bond acceptors (Lipinski definition) is 5. The van der Waals surface area contributed by atoms with E-state index in [1.807, 2.05) is 0 Å². The van der Waals surface area contributed by atoms with E-state index in [1.54, 1.807) is 0 Å². The third-order valence-electron chi connectivity index (χ3n) is 3.67. The second-order valence-corrected chi connectivity index (χ2v) is 5.42. The summed E-state index contributed by atoms with van der Waals surface area (Å²) in [4.78, 5) is 13.2. The van der Waals surface area contributed by atoms with Crippen molar-refractivity contribution in [2.45, 2.75) is 31.7 Å². The summed E-state index contributed by atoms with van der Waals surface area (Å²) in [5.41, 5.74) is 8.07. The molecule has 0 aromatic heterocycles.